The standard InChI is InChI=1S/C11H18N4O.ClH/c1-7-10(8(2)15-14-7)13-11(16)9-4-3-5-12-6-9;/h9,12H,3-6H2,1-2H3,(H,13,16)(H,14,15);1H. The van der Waals surface area contributed by atoms with Gasteiger partial charge in [-0.15, -0.1) is 12.4 Å². The number of aromatic nitrogens is 2. The number of anilines is 1. The highest BCUT2D eigenvalue weighted by molar-refractivity contribution is 5.93. The highest BCUT2D eigenvalue weighted by Gasteiger charge is 2.22. The minimum Gasteiger partial charge on any atom is -0.323 e. The number of halogens is 1. The molecular formula is C11H19ClN4O. The van der Waals surface area contributed by atoms with Crippen LogP contribution >= 0.6 is 12.4 Å². The fraction of sp³-hybridized carbons (Fsp3) is 0.636. The van der Waals surface area contributed by atoms with Crippen LogP contribution < -0.4 is 10.6 Å². The van der Waals surface area contributed by atoms with Crippen LogP contribution in [0.4, 0.5) is 5.69 Å². The van der Waals surface area contributed by atoms with Gasteiger partial charge in [0, 0.05) is 6.54 Å². The lowest BCUT2D eigenvalue weighted by Gasteiger charge is -2.21. The molecule has 96 valence electrons. The lowest BCUT2D eigenvalue weighted by molar-refractivity contribution is -0.120. The molecule has 17 heavy (non-hydrogen) atoms. The number of aromatic amines is 1. The zero-order chi connectivity index (χ0) is 11.5. The molecule has 2 heterocycles. The molecule has 1 atom stereocenters. The van der Waals surface area contributed by atoms with Crippen LogP contribution in [0.5, 0.6) is 0 Å². The van der Waals surface area contributed by atoms with Crippen molar-refractivity contribution in [3.05, 3.63) is 11.4 Å². The molecule has 1 saturated heterocycles. The zero-order valence-corrected chi connectivity index (χ0v) is 11.0. The molecule has 0 saturated carbocycles. The smallest absolute Gasteiger partial charge is 0.228 e. The highest BCUT2D eigenvalue weighted by atomic mass is 35.5. The van der Waals surface area contributed by atoms with Crippen LogP contribution in [0.1, 0.15) is 24.2 Å². The van der Waals surface area contributed by atoms with Crippen LogP contribution in [0, 0.1) is 19.8 Å². The number of piperidine rings is 1. The average molecular weight is 259 g/mol. The van der Waals surface area contributed by atoms with Gasteiger partial charge >= 0.3 is 0 Å². The molecule has 1 aliphatic rings. The lowest BCUT2D eigenvalue weighted by atomic mass is 9.99. The molecule has 6 heteroatoms. The second-order valence-corrected chi connectivity index (χ2v) is 4.34. The van der Waals surface area contributed by atoms with Crippen molar-refractivity contribution in [3.63, 3.8) is 0 Å². The van der Waals surface area contributed by atoms with Gasteiger partial charge in [0.25, 0.3) is 0 Å². The highest BCUT2D eigenvalue weighted by Crippen LogP contribution is 2.19. The molecule has 1 aliphatic heterocycles. The first kappa shape index (κ1) is 14.0. The maximum absolute atomic E-state index is 12.0. The van der Waals surface area contributed by atoms with E-state index in [2.05, 4.69) is 20.8 Å². The summed E-state index contributed by atoms with van der Waals surface area (Å²) in [6.07, 6.45) is 2.04. The molecule has 0 bridgehead atoms. The molecule has 0 aliphatic carbocycles. The second-order valence-electron chi connectivity index (χ2n) is 4.34. The van der Waals surface area contributed by atoms with Crippen molar-refractivity contribution in [3.8, 4) is 0 Å². The molecule has 3 N–H and O–H groups in total. The SMILES string of the molecule is Cc1n[nH]c(C)c1NC(=O)C1CCCNC1.Cl. The number of H-pyrrole nitrogens is 1. The van der Waals surface area contributed by atoms with E-state index in [4.69, 9.17) is 0 Å². The first-order chi connectivity index (χ1) is 7.68. The Morgan fingerprint density at radius 2 is 2.24 bits per heavy atom. The molecule has 0 spiro atoms. The van der Waals surface area contributed by atoms with Crippen LogP contribution in [-0.4, -0.2) is 29.2 Å². The Labute approximate surface area is 107 Å². The average Bonchev–Trinajstić information content (AvgIpc) is 2.62. The van der Waals surface area contributed by atoms with Gasteiger partial charge in [0.2, 0.25) is 5.91 Å². The summed E-state index contributed by atoms with van der Waals surface area (Å²) in [4.78, 5) is 12.0. The summed E-state index contributed by atoms with van der Waals surface area (Å²) < 4.78 is 0. The number of aryl methyl sites for hydroxylation is 2. The van der Waals surface area contributed by atoms with Gasteiger partial charge in [0.05, 0.1) is 23.0 Å². The van der Waals surface area contributed by atoms with Crippen LogP contribution in [0.3, 0.4) is 0 Å². The molecule has 1 fully saturated rings. The van der Waals surface area contributed by atoms with E-state index in [1.165, 1.54) is 0 Å². The quantitative estimate of drug-likeness (QED) is 0.751. The summed E-state index contributed by atoms with van der Waals surface area (Å²) in [5.41, 5.74) is 2.58. The minimum absolute atomic E-state index is 0. The van der Waals surface area contributed by atoms with Crippen molar-refractivity contribution in [2.75, 3.05) is 18.4 Å². The van der Waals surface area contributed by atoms with E-state index < -0.39 is 0 Å². The Kier molecular flexibility index (Phi) is 4.96. The number of hydrogen-bond donors (Lipinski definition) is 3. The van der Waals surface area contributed by atoms with Gasteiger partial charge in [-0.05, 0) is 33.2 Å². The van der Waals surface area contributed by atoms with Crippen molar-refractivity contribution in [2.24, 2.45) is 5.92 Å². The first-order valence-electron chi connectivity index (χ1n) is 5.71. The summed E-state index contributed by atoms with van der Waals surface area (Å²) in [6, 6.07) is 0. The summed E-state index contributed by atoms with van der Waals surface area (Å²) >= 11 is 0. The van der Waals surface area contributed by atoms with Gasteiger partial charge in [-0.2, -0.15) is 5.10 Å². The summed E-state index contributed by atoms with van der Waals surface area (Å²) in [7, 11) is 0. The largest absolute Gasteiger partial charge is 0.323 e. The Balaban J connectivity index is 0.00000144. The number of nitrogens with one attached hydrogen (secondary N) is 3. The Morgan fingerprint density at radius 3 is 2.76 bits per heavy atom. The van der Waals surface area contributed by atoms with Gasteiger partial charge < -0.3 is 10.6 Å². The minimum atomic E-state index is 0. The van der Waals surface area contributed by atoms with E-state index >= 15 is 0 Å². The van der Waals surface area contributed by atoms with Crippen molar-refractivity contribution in [1.29, 1.82) is 0 Å². The van der Waals surface area contributed by atoms with E-state index in [9.17, 15) is 4.79 Å². The van der Waals surface area contributed by atoms with Gasteiger partial charge in [-0.25, -0.2) is 0 Å². The summed E-state index contributed by atoms with van der Waals surface area (Å²) in [5.74, 6) is 0.183. The number of nitrogens with zero attached hydrogens (tertiary/aromatic N) is 1. The number of carbonyl (C=O) groups excluding carboxylic acids is 1. The number of amides is 1. The zero-order valence-electron chi connectivity index (χ0n) is 10.2. The predicted molar refractivity (Wildman–Crippen MR) is 69.5 cm³/mol. The van der Waals surface area contributed by atoms with Crippen LogP contribution in [0.15, 0.2) is 0 Å². The van der Waals surface area contributed by atoms with E-state index in [0.29, 0.717) is 0 Å². The fourth-order valence-electron chi connectivity index (χ4n) is 2.04. The number of carbonyl (C=O) groups is 1. The number of rotatable bonds is 2. The molecule has 0 aromatic carbocycles. The molecule has 0 radical (unpaired) electrons. The maximum Gasteiger partial charge on any atom is 0.228 e. The van der Waals surface area contributed by atoms with Crippen LogP contribution in [0.2, 0.25) is 0 Å². The maximum atomic E-state index is 12.0. The molecule has 1 aromatic rings. The lowest BCUT2D eigenvalue weighted by Crippen LogP contribution is -2.37. The van der Waals surface area contributed by atoms with Crippen LogP contribution in [-0.2, 0) is 4.79 Å². The molecule has 1 amide bonds. The van der Waals surface area contributed by atoms with Gasteiger partial charge in [0.15, 0.2) is 0 Å². The second kappa shape index (κ2) is 6.02. The number of hydrogen-bond acceptors (Lipinski definition) is 3. The van der Waals surface area contributed by atoms with Crippen molar-refractivity contribution in [2.45, 2.75) is 26.7 Å². The third-order valence-electron chi connectivity index (χ3n) is 3.04. The topological polar surface area (TPSA) is 69.8 Å². The van der Waals surface area contributed by atoms with Gasteiger partial charge in [-0.1, -0.05) is 0 Å². The Bertz CT molecular complexity index is 365. The molecule has 1 unspecified atom stereocenters. The summed E-state index contributed by atoms with van der Waals surface area (Å²) in [5, 5.41) is 13.1. The van der Waals surface area contributed by atoms with E-state index in [1.807, 2.05) is 13.8 Å². The normalized spacial score (nSPS) is 19.5. The third kappa shape index (κ3) is 3.20. The van der Waals surface area contributed by atoms with Crippen molar-refractivity contribution >= 4 is 24.0 Å². The van der Waals surface area contributed by atoms with Crippen molar-refractivity contribution < 1.29 is 4.79 Å². The van der Waals surface area contributed by atoms with Crippen molar-refractivity contribution in [1.82, 2.24) is 15.5 Å². The molecule has 5 nitrogen and oxygen atoms in total. The van der Waals surface area contributed by atoms with Gasteiger partial charge in [0.1, 0.15) is 0 Å². The molecular weight excluding hydrogens is 240 g/mol. The Morgan fingerprint density at radius 1 is 1.47 bits per heavy atom. The summed E-state index contributed by atoms with van der Waals surface area (Å²) in [6.45, 7) is 5.60. The van der Waals surface area contributed by atoms with E-state index in [1.54, 1.807) is 0 Å². The fourth-order valence-corrected chi connectivity index (χ4v) is 2.04. The van der Waals surface area contributed by atoms with Crippen LogP contribution in [0.25, 0.3) is 0 Å². The van der Waals surface area contributed by atoms with Gasteiger partial charge in [-0.3, -0.25) is 9.89 Å². The molecule has 2 rings (SSSR count). The third-order valence-corrected chi connectivity index (χ3v) is 3.04. The van der Waals surface area contributed by atoms with E-state index in [-0.39, 0.29) is 24.2 Å². The monoisotopic (exact) mass is 258 g/mol. The molecule has 1 aromatic heterocycles. The first-order valence-corrected chi connectivity index (χ1v) is 5.71. The Hall–Kier alpha value is -1.07. The van der Waals surface area contributed by atoms with E-state index in [0.717, 1.165) is 43.0 Å². The predicted octanol–water partition coefficient (Wildman–Crippen LogP) is 1.39.